The van der Waals surface area contributed by atoms with Crippen LogP contribution in [-0.4, -0.2) is 49.3 Å². The highest BCUT2D eigenvalue weighted by Gasteiger charge is 2.25. The SMILES string of the molecule is CCCCC/C=C\C/C=C\C/C=C\C/C=C\CCCCCC(=O)O[C@H](COC(=O)CCC/C=C\C/C=C\C/C=C\C/C=C\CCCCC)COP(=O)(O)OCCN. The van der Waals surface area contributed by atoms with Gasteiger partial charge in [0.2, 0.25) is 0 Å². The number of rotatable bonds is 39. The molecule has 324 valence electrons. The predicted octanol–water partition coefficient (Wildman–Crippen LogP) is 12.6. The Labute approximate surface area is 346 Å². The third-order valence-corrected chi connectivity index (χ3v) is 9.43. The van der Waals surface area contributed by atoms with Gasteiger partial charge in [0.15, 0.2) is 6.10 Å². The minimum Gasteiger partial charge on any atom is -0.462 e. The lowest BCUT2D eigenvalue weighted by Crippen LogP contribution is -2.29. The first-order valence-electron chi connectivity index (χ1n) is 21.7. The zero-order valence-electron chi connectivity index (χ0n) is 35.5. The van der Waals surface area contributed by atoms with Crippen molar-refractivity contribution in [2.75, 3.05) is 26.4 Å². The first kappa shape index (κ1) is 53.9. The van der Waals surface area contributed by atoms with E-state index in [2.05, 4.69) is 105 Å². The van der Waals surface area contributed by atoms with Gasteiger partial charge in [0.25, 0.3) is 0 Å². The first-order chi connectivity index (χ1) is 27.8. The monoisotopic (exact) mass is 816 g/mol. The molecule has 0 fully saturated rings. The number of ether oxygens (including phenoxy) is 2. The maximum absolute atomic E-state index is 12.6. The summed E-state index contributed by atoms with van der Waals surface area (Å²) in [4.78, 5) is 34.8. The lowest BCUT2D eigenvalue weighted by Gasteiger charge is -2.19. The zero-order valence-corrected chi connectivity index (χ0v) is 36.4. The second kappa shape index (κ2) is 42.5. The van der Waals surface area contributed by atoms with E-state index in [4.69, 9.17) is 24.3 Å². The van der Waals surface area contributed by atoms with E-state index in [0.717, 1.165) is 64.2 Å². The summed E-state index contributed by atoms with van der Waals surface area (Å²) in [5.41, 5.74) is 5.34. The van der Waals surface area contributed by atoms with Gasteiger partial charge in [0.1, 0.15) is 6.61 Å². The fourth-order valence-corrected chi connectivity index (χ4v) is 5.96. The Balaban J connectivity index is 4.34. The van der Waals surface area contributed by atoms with Crippen LogP contribution in [0.5, 0.6) is 0 Å². The van der Waals surface area contributed by atoms with E-state index in [9.17, 15) is 19.0 Å². The Morgan fingerprint density at radius 1 is 0.526 bits per heavy atom. The molecule has 9 nitrogen and oxygen atoms in total. The van der Waals surface area contributed by atoms with E-state index in [1.165, 1.54) is 51.4 Å². The number of hydrogen-bond acceptors (Lipinski definition) is 8. The molecule has 10 heteroatoms. The number of carbonyl (C=O) groups is 2. The van der Waals surface area contributed by atoms with Crippen LogP contribution in [0.1, 0.15) is 155 Å². The number of hydrogen-bond donors (Lipinski definition) is 2. The molecule has 0 bridgehead atoms. The molecule has 0 aliphatic rings. The molecular formula is C47H78NO8P. The van der Waals surface area contributed by atoms with Crippen molar-refractivity contribution >= 4 is 19.8 Å². The highest BCUT2D eigenvalue weighted by molar-refractivity contribution is 7.47. The van der Waals surface area contributed by atoms with Crippen LogP contribution in [0, 0.1) is 0 Å². The minimum absolute atomic E-state index is 0.0351. The third-order valence-electron chi connectivity index (χ3n) is 8.44. The fourth-order valence-electron chi connectivity index (χ4n) is 5.20. The molecular weight excluding hydrogens is 737 g/mol. The summed E-state index contributed by atoms with van der Waals surface area (Å²) in [6.07, 6.45) is 54.4. The average molecular weight is 816 g/mol. The number of carbonyl (C=O) groups excluding carboxylic acids is 2. The van der Waals surface area contributed by atoms with E-state index in [0.29, 0.717) is 12.8 Å². The second-order valence-corrected chi connectivity index (χ2v) is 15.3. The van der Waals surface area contributed by atoms with Crippen molar-refractivity contribution in [3.63, 3.8) is 0 Å². The summed E-state index contributed by atoms with van der Waals surface area (Å²) < 4.78 is 32.7. The Kier molecular flexibility index (Phi) is 40.2. The maximum Gasteiger partial charge on any atom is 0.472 e. The molecule has 1 unspecified atom stereocenters. The summed E-state index contributed by atoms with van der Waals surface area (Å²) in [5.74, 6) is -0.941. The summed E-state index contributed by atoms with van der Waals surface area (Å²) in [6.45, 7) is 3.55. The van der Waals surface area contributed by atoms with Gasteiger partial charge in [-0.1, -0.05) is 143 Å². The number of phosphoric acid groups is 1. The predicted molar refractivity (Wildman–Crippen MR) is 238 cm³/mol. The van der Waals surface area contributed by atoms with Crippen LogP contribution in [0.4, 0.5) is 0 Å². The van der Waals surface area contributed by atoms with E-state index >= 15 is 0 Å². The molecule has 0 aromatic heterocycles. The molecule has 0 spiro atoms. The van der Waals surface area contributed by atoms with Gasteiger partial charge in [-0.3, -0.25) is 18.6 Å². The molecule has 0 aliphatic heterocycles. The van der Waals surface area contributed by atoms with Crippen LogP contribution in [0.2, 0.25) is 0 Å². The van der Waals surface area contributed by atoms with Crippen molar-refractivity contribution in [1.29, 1.82) is 0 Å². The van der Waals surface area contributed by atoms with Crippen molar-refractivity contribution in [1.82, 2.24) is 0 Å². The molecule has 0 aliphatic carbocycles. The summed E-state index contributed by atoms with van der Waals surface area (Å²) in [5, 5.41) is 0. The molecule has 0 saturated heterocycles. The number of nitrogens with two attached hydrogens (primary N) is 1. The molecule has 0 radical (unpaired) electrons. The van der Waals surface area contributed by atoms with Crippen LogP contribution in [0.25, 0.3) is 0 Å². The van der Waals surface area contributed by atoms with Crippen molar-refractivity contribution in [2.24, 2.45) is 5.73 Å². The highest BCUT2D eigenvalue weighted by Crippen LogP contribution is 2.43. The average Bonchev–Trinajstić information content (AvgIpc) is 3.20. The number of phosphoric ester groups is 1. The first-order valence-corrected chi connectivity index (χ1v) is 23.2. The van der Waals surface area contributed by atoms with Crippen LogP contribution < -0.4 is 5.73 Å². The van der Waals surface area contributed by atoms with Gasteiger partial charge in [0.05, 0.1) is 13.2 Å². The van der Waals surface area contributed by atoms with Crippen LogP contribution in [-0.2, 0) is 32.7 Å². The van der Waals surface area contributed by atoms with Gasteiger partial charge in [-0.2, -0.15) is 0 Å². The van der Waals surface area contributed by atoms with Crippen LogP contribution >= 0.6 is 7.82 Å². The third kappa shape index (κ3) is 42.4. The molecule has 0 aromatic carbocycles. The minimum atomic E-state index is -4.41. The molecule has 0 rings (SSSR count). The van der Waals surface area contributed by atoms with Crippen molar-refractivity contribution < 1.29 is 37.6 Å². The maximum atomic E-state index is 12.6. The Morgan fingerprint density at radius 3 is 1.37 bits per heavy atom. The normalized spacial score (nSPS) is 14.2. The lowest BCUT2D eigenvalue weighted by molar-refractivity contribution is -0.161. The van der Waals surface area contributed by atoms with Gasteiger partial charge >= 0.3 is 19.8 Å². The summed E-state index contributed by atoms with van der Waals surface area (Å²) in [6, 6.07) is 0. The molecule has 2 atom stereocenters. The summed E-state index contributed by atoms with van der Waals surface area (Å²) in [7, 11) is -4.41. The van der Waals surface area contributed by atoms with Crippen LogP contribution in [0.15, 0.2) is 97.2 Å². The molecule has 3 N–H and O–H groups in total. The Morgan fingerprint density at radius 2 is 0.930 bits per heavy atom. The highest BCUT2D eigenvalue weighted by atomic mass is 31.2. The number of unbranched alkanes of at least 4 members (excludes halogenated alkanes) is 10. The van der Waals surface area contributed by atoms with E-state index in [1.807, 2.05) is 6.08 Å². The Hall–Kier alpha value is -3.07. The Bertz CT molecular complexity index is 1250. The molecule has 57 heavy (non-hydrogen) atoms. The molecule has 0 saturated carbocycles. The number of esters is 2. The number of allylic oxidation sites excluding steroid dienone is 16. The topological polar surface area (TPSA) is 134 Å². The van der Waals surface area contributed by atoms with Gasteiger partial charge in [-0.05, 0) is 96.3 Å². The van der Waals surface area contributed by atoms with E-state index in [-0.39, 0.29) is 32.6 Å². The smallest absolute Gasteiger partial charge is 0.462 e. The van der Waals surface area contributed by atoms with Crippen molar-refractivity contribution in [2.45, 2.75) is 161 Å². The zero-order chi connectivity index (χ0) is 41.8. The van der Waals surface area contributed by atoms with E-state index in [1.54, 1.807) is 0 Å². The summed E-state index contributed by atoms with van der Waals surface area (Å²) >= 11 is 0. The standard InChI is InChI=1S/C47H78NO8P/c1-3-5-7-9-11-13-15-17-19-21-22-24-26-28-30-32-34-36-38-40-47(50)56-45(44-55-57(51,52)54-42-41-48)43-53-46(49)39-37-35-33-31-29-27-25-23-20-18-16-14-12-10-8-6-4-2/h11-14,17-20,22,24-25,27-28,30-31,33,45H,3-10,15-16,21,23,26,29,32,34-44,48H2,1-2H3,(H,51,52)/b13-11-,14-12-,19-17-,20-18-,24-22-,27-25-,30-28-,33-31-/t45-/m1/s1. The van der Waals surface area contributed by atoms with Gasteiger partial charge in [-0.15, -0.1) is 0 Å². The molecule has 0 amide bonds. The largest absolute Gasteiger partial charge is 0.472 e. The van der Waals surface area contributed by atoms with Crippen molar-refractivity contribution in [3.05, 3.63) is 97.2 Å². The molecule has 0 aromatic rings. The van der Waals surface area contributed by atoms with Crippen molar-refractivity contribution in [3.8, 4) is 0 Å². The second-order valence-electron chi connectivity index (χ2n) is 13.8. The molecule has 0 heterocycles. The van der Waals surface area contributed by atoms with Gasteiger partial charge < -0.3 is 20.1 Å². The lowest BCUT2D eigenvalue weighted by atomic mass is 10.1. The van der Waals surface area contributed by atoms with Gasteiger partial charge in [-0.25, -0.2) is 4.57 Å². The van der Waals surface area contributed by atoms with Gasteiger partial charge in [0, 0.05) is 19.4 Å². The van der Waals surface area contributed by atoms with Crippen LogP contribution in [0.3, 0.4) is 0 Å². The quantitative estimate of drug-likeness (QED) is 0.0269. The fraction of sp³-hybridized carbons (Fsp3) is 0.617. The van der Waals surface area contributed by atoms with E-state index < -0.39 is 32.5 Å².